The highest BCUT2D eigenvalue weighted by atomic mass is 19.1. The molecule has 0 amide bonds. The molecule has 0 saturated carbocycles. The first kappa shape index (κ1) is 13.1. The van der Waals surface area contributed by atoms with Crippen LogP contribution < -0.4 is 5.73 Å². The Bertz CT molecular complexity index is 903. The molecule has 0 fully saturated rings. The minimum absolute atomic E-state index is 0.140. The molecule has 4 nitrogen and oxygen atoms in total. The lowest BCUT2D eigenvalue weighted by molar-refractivity contribution is 0.580. The molecule has 0 unspecified atom stereocenters. The third kappa shape index (κ3) is 2.41. The third-order valence-electron chi connectivity index (χ3n) is 2.92. The minimum Gasteiger partial charge on any atom is -0.396 e. The van der Waals surface area contributed by atoms with Gasteiger partial charge in [0.2, 0.25) is 0 Å². The van der Waals surface area contributed by atoms with Gasteiger partial charge in [-0.3, -0.25) is 9.67 Å². The summed E-state index contributed by atoms with van der Waals surface area (Å²) in [5.74, 6) is 3.53. The van der Waals surface area contributed by atoms with Crippen molar-refractivity contribution in [2.45, 2.75) is 0 Å². The van der Waals surface area contributed by atoms with Gasteiger partial charge in [0.05, 0.1) is 17.4 Å². The molecular weight excluding hydrogens is 274 g/mol. The maximum absolute atomic E-state index is 13.7. The van der Waals surface area contributed by atoms with Crippen LogP contribution >= 0.6 is 0 Å². The van der Waals surface area contributed by atoms with Gasteiger partial charge in [-0.1, -0.05) is 11.8 Å². The number of aromatic nitrogens is 3. The van der Waals surface area contributed by atoms with Crippen molar-refractivity contribution in [3.63, 3.8) is 0 Å². The van der Waals surface area contributed by atoms with E-state index in [1.807, 2.05) is 0 Å². The van der Waals surface area contributed by atoms with Crippen molar-refractivity contribution in [1.82, 2.24) is 14.8 Å². The highest BCUT2D eigenvalue weighted by Gasteiger charge is 2.09. The zero-order valence-corrected chi connectivity index (χ0v) is 11.1. The van der Waals surface area contributed by atoms with Crippen LogP contribution in [0.25, 0.3) is 11.0 Å². The molecule has 2 N–H and O–H groups in total. The molecule has 0 aliphatic heterocycles. The zero-order chi connectivity index (χ0) is 15.0. The van der Waals surface area contributed by atoms with Gasteiger partial charge in [-0.25, -0.2) is 8.78 Å². The van der Waals surface area contributed by atoms with Crippen molar-refractivity contribution in [2.24, 2.45) is 7.05 Å². The van der Waals surface area contributed by atoms with E-state index >= 15 is 0 Å². The summed E-state index contributed by atoms with van der Waals surface area (Å²) in [6.45, 7) is 0. The Morgan fingerprint density at radius 2 is 2.00 bits per heavy atom. The second kappa shape index (κ2) is 4.87. The van der Waals surface area contributed by atoms with Crippen molar-refractivity contribution in [2.75, 3.05) is 5.73 Å². The van der Waals surface area contributed by atoms with Crippen LogP contribution in [0.2, 0.25) is 0 Å². The van der Waals surface area contributed by atoms with Gasteiger partial charge in [0, 0.05) is 18.8 Å². The number of aryl methyl sites for hydroxylation is 1. The number of fused-ring (bicyclic) bond motifs is 1. The number of nitrogen functional groups attached to an aromatic ring is 1. The molecule has 6 heteroatoms. The highest BCUT2D eigenvalue weighted by molar-refractivity contribution is 5.74. The number of anilines is 1. The van der Waals surface area contributed by atoms with Gasteiger partial charge in [0.25, 0.3) is 0 Å². The molecule has 0 bridgehead atoms. The van der Waals surface area contributed by atoms with Crippen LogP contribution in [0.5, 0.6) is 0 Å². The van der Waals surface area contributed by atoms with Crippen LogP contribution in [0, 0.1) is 23.5 Å². The fraction of sp³-hybridized carbons (Fsp3) is 0.0667. The number of hydrogen-bond donors (Lipinski definition) is 1. The average Bonchev–Trinajstić information content (AvgIpc) is 2.82. The molecule has 2 aromatic heterocycles. The molecular formula is C15H10F2N4. The van der Waals surface area contributed by atoms with Crippen LogP contribution in [0.1, 0.15) is 11.1 Å². The first-order valence-electron chi connectivity index (χ1n) is 6.09. The fourth-order valence-corrected chi connectivity index (χ4v) is 1.91. The van der Waals surface area contributed by atoms with Crippen molar-refractivity contribution in [3.05, 3.63) is 53.4 Å². The van der Waals surface area contributed by atoms with Crippen molar-refractivity contribution in [1.29, 1.82) is 0 Å². The second-order valence-corrected chi connectivity index (χ2v) is 4.51. The average molecular weight is 284 g/mol. The first-order chi connectivity index (χ1) is 10.0. The van der Waals surface area contributed by atoms with Crippen LogP contribution in [0.4, 0.5) is 14.5 Å². The van der Waals surface area contributed by atoms with Gasteiger partial charge in [0.15, 0.2) is 5.82 Å². The number of halogens is 2. The Balaban J connectivity index is 2.05. The Kier molecular flexibility index (Phi) is 3.03. The summed E-state index contributed by atoms with van der Waals surface area (Å²) in [4.78, 5) is 4.18. The van der Waals surface area contributed by atoms with E-state index in [9.17, 15) is 8.78 Å². The lowest BCUT2D eigenvalue weighted by Crippen LogP contribution is -1.97. The lowest BCUT2D eigenvalue weighted by Gasteiger charge is -1.99. The number of hydrogen-bond acceptors (Lipinski definition) is 3. The first-order valence-corrected chi connectivity index (χ1v) is 6.09. The molecule has 104 valence electrons. The van der Waals surface area contributed by atoms with E-state index in [1.165, 1.54) is 6.20 Å². The predicted octanol–water partition coefficient (Wildman–Crippen LogP) is 2.23. The highest BCUT2D eigenvalue weighted by Crippen LogP contribution is 2.17. The van der Waals surface area contributed by atoms with Gasteiger partial charge in [-0.15, -0.1) is 0 Å². The van der Waals surface area contributed by atoms with Gasteiger partial charge < -0.3 is 5.73 Å². The summed E-state index contributed by atoms with van der Waals surface area (Å²) in [7, 11) is 1.78. The summed E-state index contributed by atoms with van der Waals surface area (Å²) < 4.78 is 28.9. The summed E-state index contributed by atoms with van der Waals surface area (Å²) >= 11 is 0. The smallest absolute Gasteiger partial charge is 0.164 e. The summed E-state index contributed by atoms with van der Waals surface area (Å²) in [5.41, 5.74) is 6.82. The molecule has 0 spiro atoms. The van der Waals surface area contributed by atoms with E-state index in [2.05, 4.69) is 21.9 Å². The lowest BCUT2D eigenvalue weighted by atomic mass is 10.1. The molecule has 0 radical (unpaired) electrons. The third-order valence-corrected chi connectivity index (χ3v) is 2.92. The maximum Gasteiger partial charge on any atom is 0.164 e. The number of benzene rings is 1. The molecule has 3 aromatic rings. The standard InChI is InChI=1S/C15H10F2N4/c1-21-8-14-13(20-21)6-9(7-19-14)2-3-10-11(16)4-5-12(18)15(10)17/h4-8H,18H2,1H3. The fourth-order valence-electron chi connectivity index (χ4n) is 1.91. The topological polar surface area (TPSA) is 56.7 Å². The molecule has 2 heterocycles. The number of nitrogens with zero attached hydrogens (tertiary/aromatic N) is 3. The van der Waals surface area contributed by atoms with E-state index in [0.29, 0.717) is 11.1 Å². The number of nitrogens with two attached hydrogens (primary N) is 1. The Morgan fingerprint density at radius 1 is 1.19 bits per heavy atom. The van der Waals surface area contributed by atoms with Gasteiger partial charge in [0.1, 0.15) is 16.9 Å². The van der Waals surface area contributed by atoms with E-state index in [-0.39, 0.29) is 11.3 Å². The monoisotopic (exact) mass is 284 g/mol. The normalized spacial score (nSPS) is 10.4. The summed E-state index contributed by atoms with van der Waals surface area (Å²) in [6, 6.07) is 3.96. The molecule has 0 atom stereocenters. The minimum atomic E-state index is -0.852. The Hall–Kier alpha value is -2.94. The second-order valence-electron chi connectivity index (χ2n) is 4.51. The van der Waals surface area contributed by atoms with E-state index in [1.54, 1.807) is 24.0 Å². The summed E-state index contributed by atoms with van der Waals surface area (Å²) in [5, 5.41) is 4.20. The van der Waals surface area contributed by atoms with Crippen molar-refractivity contribution >= 4 is 16.7 Å². The van der Waals surface area contributed by atoms with Gasteiger partial charge >= 0.3 is 0 Å². The molecule has 0 aliphatic carbocycles. The number of pyridine rings is 1. The molecule has 0 saturated heterocycles. The van der Waals surface area contributed by atoms with Gasteiger partial charge in [-0.2, -0.15) is 5.10 Å². The summed E-state index contributed by atoms with van der Waals surface area (Å²) in [6.07, 6.45) is 3.29. The van der Waals surface area contributed by atoms with Gasteiger partial charge in [-0.05, 0) is 18.2 Å². The van der Waals surface area contributed by atoms with Crippen LogP contribution in [-0.4, -0.2) is 14.8 Å². The van der Waals surface area contributed by atoms with E-state index in [4.69, 9.17) is 5.73 Å². The predicted molar refractivity (Wildman–Crippen MR) is 75.3 cm³/mol. The van der Waals surface area contributed by atoms with E-state index in [0.717, 1.165) is 17.6 Å². The quantitative estimate of drug-likeness (QED) is 0.509. The van der Waals surface area contributed by atoms with Crippen LogP contribution in [0.3, 0.4) is 0 Å². The largest absolute Gasteiger partial charge is 0.396 e. The zero-order valence-electron chi connectivity index (χ0n) is 11.1. The molecule has 1 aromatic carbocycles. The van der Waals surface area contributed by atoms with Crippen molar-refractivity contribution < 1.29 is 8.78 Å². The molecule has 0 aliphatic rings. The molecule has 3 rings (SSSR count). The van der Waals surface area contributed by atoms with Crippen LogP contribution in [-0.2, 0) is 7.05 Å². The SMILES string of the molecule is Cn1cc2ncc(C#Cc3c(F)ccc(N)c3F)cc2n1. The Morgan fingerprint density at radius 3 is 2.81 bits per heavy atom. The van der Waals surface area contributed by atoms with Crippen LogP contribution in [0.15, 0.2) is 30.6 Å². The maximum atomic E-state index is 13.7. The number of rotatable bonds is 0. The van der Waals surface area contributed by atoms with Crippen molar-refractivity contribution in [3.8, 4) is 11.8 Å². The Labute approximate surface area is 119 Å². The molecule has 21 heavy (non-hydrogen) atoms. The van der Waals surface area contributed by atoms with E-state index < -0.39 is 11.6 Å².